The first-order valence-electron chi connectivity index (χ1n) is 5.46. The molecule has 0 aromatic heterocycles. The van der Waals surface area contributed by atoms with Crippen LogP contribution in [0.15, 0.2) is 23.2 Å². The molecule has 0 radical (unpaired) electrons. The van der Waals surface area contributed by atoms with Crippen molar-refractivity contribution < 1.29 is 9.53 Å². The summed E-state index contributed by atoms with van der Waals surface area (Å²) < 4.78 is 5.21. The zero-order valence-corrected chi connectivity index (χ0v) is 9.62. The Morgan fingerprint density at radius 2 is 2.31 bits per heavy atom. The van der Waals surface area contributed by atoms with E-state index in [-0.39, 0.29) is 0 Å². The van der Waals surface area contributed by atoms with Crippen LogP contribution in [0.25, 0.3) is 0 Å². The minimum Gasteiger partial charge on any atom is -0.497 e. The zero-order valence-electron chi connectivity index (χ0n) is 9.62. The lowest BCUT2D eigenvalue weighted by Crippen LogP contribution is -2.25. The largest absolute Gasteiger partial charge is 0.497 e. The molecular formula is C13H15NO2. The molecule has 1 atom stereocenters. The molecular weight excluding hydrogens is 202 g/mol. The molecule has 0 fully saturated rings. The van der Waals surface area contributed by atoms with E-state index in [4.69, 9.17) is 4.74 Å². The van der Waals surface area contributed by atoms with Crippen LogP contribution in [0.4, 0.5) is 0 Å². The van der Waals surface area contributed by atoms with Crippen LogP contribution in [-0.4, -0.2) is 13.2 Å². The number of ether oxygens (including phenoxy) is 1. The van der Waals surface area contributed by atoms with Gasteiger partial charge < -0.3 is 4.74 Å². The van der Waals surface area contributed by atoms with Gasteiger partial charge in [0, 0.05) is 0 Å². The van der Waals surface area contributed by atoms with Gasteiger partial charge in [0.05, 0.1) is 12.6 Å². The van der Waals surface area contributed by atoms with E-state index in [1.54, 1.807) is 13.2 Å². The predicted octanol–water partition coefficient (Wildman–Crippen LogP) is 2.58. The first-order chi connectivity index (χ1) is 7.69. The van der Waals surface area contributed by atoms with Crippen LogP contribution < -0.4 is 4.74 Å². The number of hydrogen-bond acceptors (Lipinski definition) is 3. The summed E-state index contributed by atoms with van der Waals surface area (Å²) in [6.07, 6.45) is 4.68. The third-order valence-corrected chi connectivity index (χ3v) is 3.30. The van der Waals surface area contributed by atoms with Gasteiger partial charge in [-0.15, -0.1) is 0 Å². The molecule has 0 bridgehead atoms. The molecule has 0 spiro atoms. The molecule has 0 saturated carbocycles. The highest BCUT2D eigenvalue weighted by Crippen LogP contribution is 2.39. The third-order valence-electron chi connectivity index (χ3n) is 3.30. The van der Waals surface area contributed by atoms with Gasteiger partial charge in [0.15, 0.2) is 0 Å². The van der Waals surface area contributed by atoms with Crippen LogP contribution in [-0.2, 0) is 16.8 Å². The summed E-state index contributed by atoms with van der Waals surface area (Å²) in [5.41, 5.74) is 1.93. The van der Waals surface area contributed by atoms with Crippen molar-refractivity contribution in [1.29, 1.82) is 0 Å². The highest BCUT2D eigenvalue weighted by Gasteiger charge is 2.32. The minimum absolute atomic E-state index is 0.427. The van der Waals surface area contributed by atoms with Crippen molar-refractivity contribution >= 4 is 6.08 Å². The Balaban J connectivity index is 2.55. The van der Waals surface area contributed by atoms with E-state index in [9.17, 15) is 4.79 Å². The fourth-order valence-electron chi connectivity index (χ4n) is 2.38. The summed E-state index contributed by atoms with van der Waals surface area (Å²) in [6.45, 7) is 1.98. The number of aliphatic imine (C=N–C) groups is 1. The Hall–Kier alpha value is -1.60. The second-order valence-electron chi connectivity index (χ2n) is 4.35. The molecule has 1 aliphatic carbocycles. The SMILES string of the molecule is COc1ccc2c(c1)C(C)(N=C=O)CCC2. The Morgan fingerprint density at radius 1 is 1.50 bits per heavy atom. The van der Waals surface area contributed by atoms with Crippen molar-refractivity contribution in [2.75, 3.05) is 7.11 Å². The van der Waals surface area contributed by atoms with Gasteiger partial charge in [-0.1, -0.05) is 6.07 Å². The number of carbonyl (C=O) groups excluding carboxylic acids is 1. The molecule has 3 heteroatoms. The van der Waals surface area contributed by atoms with E-state index in [1.807, 2.05) is 19.1 Å². The quantitative estimate of drug-likeness (QED) is 0.564. The lowest BCUT2D eigenvalue weighted by molar-refractivity contribution is 0.392. The normalized spacial score (nSPS) is 23.1. The molecule has 1 aromatic carbocycles. The van der Waals surface area contributed by atoms with Crippen molar-refractivity contribution in [3.05, 3.63) is 29.3 Å². The van der Waals surface area contributed by atoms with E-state index < -0.39 is 5.54 Å². The number of rotatable bonds is 2. The van der Waals surface area contributed by atoms with E-state index in [2.05, 4.69) is 11.1 Å². The van der Waals surface area contributed by atoms with Crippen molar-refractivity contribution in [2.24, 2.45) is 4.99 Å². The van der Waals surface area contributed by atoms with E-state index in [0.717, 1.165) is 30.6 Å². The Kier molecular flexibility index (Phi) is 2.80. The van der Waals surface area contributed by atoms with Gasteiger partial charge in [0.25, 0.3) is 0 Å². The smallest absolute Gasteiger partial charge is 0.235 e. The Bertz CT molecular complexity index is 449. The third kappa shape index (κ3) is 1.74. The van der Waals surface area contributed by atoms with Gasteiger partial charge >= 0.3 is 0 Å². The minimum atomic E-state index is -0.427. The van der Waals surface area contributed by atoms with Gasteiger partial charge in [-0.05, 0) is 49.4 Å². The Morgan fingerprint density at radius 3 is 3.00 bits per heavy atom. The predicted molar refractivity (Wildman–Crippen MR) is 61.4 cm³/mol. The number of hydrogen-bond donors (Lipinski definition) is 0. The molecule has 1 aromatic rings. The second kappa shape index (κ2) is 4.11. The summed E-state index contributed by atoms with van der Waals surface area (Å²) in [4.78, 5) is 14.5. The van der Waals surface area contributed by atoms with Crippen molar-refractivity contribution in [3.8, 4) is 5.75 Å². The molecule has 0 heterocycles. The van der Waals surface area contributed by atoms with Gasteiger partial charge in [-0.25, -0.2) is 4.79 Å². The fourth-order valence-corrected chi connectivity index (χ4v) is 2.38. The summed E-state index contributed by atoms with van der Waals surface area (Å²) in [5, 5.41) is 0. The lowest BCUT2D eigenvalue weighted by atomic mass is 9.78. The van der Waals surface area contributed by atoms with Crippen LogP contribution in [0.2, 0.25) is 0 Å². The first kappa shape index (κ1) is 10.9. The maximum Gasteiger partial charge on any atom is 0.235 e. The van der Waals surface area contributed by atoms with Crippen LogP contribution in [0, 0.1) is 0 Å². The van der Waals surface area contributed by atoms with Crippen molar-refractivity contribution in [1.82, 2.24) is 0 Å². The van der Waals surface area contributed by atoms with Crippen LogP contribution in [0.1, 0.15) is 30.9 Å². The van der Waals surface area contributed by atoms with Crippen LogP contribution >= 0.6 is 0 Å². The molecule has 0 aliphatic heterocycles. The van der Waals surface area contributed by atoms with Gasteiger partial charge in [0.1, 0.15) is 5.75 Å². The standard InChI is InChI=1S/C13H15NO2/c1-13(14-9-15)7-3-4-10-5-6-11(16-2)8-12(10)13/h5-6,8H,3-4,7H2,1-2H3. The fraction of sp³-hybridized carbons (Fsp3) is 0.462. The highest BCUT2D eigenvalue weighted by molar-refractivity contribution is 5.45. The molecule has 0 N–H and O–H groups in total. The molecule has 1 unspecified atom stereocenters. The average molecular weight is 217 g/mol. The van der Waals surface area contributed by atoms with Crippen LogP contribution in [0.3, 0.4) is 0 Å². The molecule has 0 amide bonds. The maximum absolute atomic E-state index is 10.5. The molecule has 16 heavy (non-hydrogen) atoms. The molecule has 1 aliphatic rings. The number of fused-ring (bicyclic) bond motifs is 1. The number of methoxy groups -OCH3 is 1. The van der Waals surface area contributed by atoms with E-state index in [0.29, 0.717) is 0 Å². The molecule has 0 saturated heterocycles. The molecule has 3 nitrogen and oxygen atoms in total. The number of aryl methyl sites for hydroxylation is 1. The number of nitrogens with zero attached hydrogens (tertiary/aromatic N) is 1. The lowest BCUT2D eigenvalue weighted by Gasteiger charge is -2.31. The summed E-state index contributed by atoms with van der Waals surface area (Å²) in [6, 6.07) is 6.00. The summed E-state index contributed by atoms with van der Waals surface area (Å²) in [7, 11) is 1.64. The van der Waals surface area contributed by atoms with Gasteiger partial charge in [-0.3, -0.25) is 0 Å². The molecule has 2 rings (SSSR count). The van der Waals surface area contributed by atoms with Crippen molar-refractivity contribution in [2.45, 2.75) is 31.7 Å². The number of isocyanates is 1. The van der Waals surface area contributed by atoms with Gasteiger partial charge in [-0.2, -0.15) is 4.99 Å². The van der Waals surface area contributed by atoms with E-state index in [1.165, 1.54) is 5.56 Å². The monoisotopic (exact) mass is 217 g/mol. The first-order valence-corrected chi connectivity index (χ1v) is 5.46. The topological polar surface area (TPSA) is 38.7 Å². The zero-order chi connectivity index (χ0) is 11.6. The van der Waals surface area contributed by atoms with Crippen LogP contribution in [0.5, 0.6) is 5.75 Å². The van der Waals surface area contributed by atoms with Gasteiger partial charge in [0.2, 0.25) is 6.08 Å². The number of benzene rings is 1. The summed E-state index contributed by atoms with van der Waals surface area (Å²) >= 11 is 0. The second-order valence-corrected chi connectivity index (χ2v) is 4.35. The molecule has 84 valence electrons. The Labute approximate surface area is 95.2 Å². The highest BCUT2D eigenvalue weighted by atomic mass is 16.5. The average Bonchev–Trinajstić information content (AvgIpc) is 2.29. The van der Waals surface area contributed by atoms with E-state index >= 15 is 0 Å². The summed E-state index contributed by atoms with van der Waals surface area (Å²) in [5.74, 6) is 0.813. The maximum atomic E-state index is 10.5. The van der Waals surface area contributed by atoms with Crippen molar-refractivity contribution in [3.63, 3.8) is 0 Å².